The van der Waals surface area contributed by atoms with Gasteiger partial charge in [-0.3, -0.25) is 10.0 Å². The van der Waals surface area contributed by atoms with Crippen LogP contribution in [0.5, 0.6) is 0 Å². The zero-order valence-electron chi connectivity index (χ0n) is 2.76. The molecule has 0 radical (unpaired) electrons. The molecule has 0 saturated carbocycles. The fourth-order valence-electron chi connectivity index (χ4n) is 0. The van der Waals surface area contributed by atoms with Crippen molar-refractivity contribution < 1.29 is 42.0 Å². The Morgan fingerprint density at radius 3 is 1.25 bits per heavy atom. The minimum atomic E-state index is 0. The van der Waals surface area contributed by atoms with Gasteiger partial charge in [0, 0.05) is 0 Å². The third kappa shape index (κ3) is 8.93. The minimum absolute atomic E-state index is 0. The molecule has 0 aliphatic rings. The van der Waals surface area contributed by atoms with Gasteiger partial charge in [-0.05, 0) is 0 Å². The Balaban J connectivity index is -0.00000000500. The van der Waals surface area contributed by atoms with Crippen LogP contribution in [0.2, 0.25) is 0 Å². The predicted molar refractivity (Wildman–Crippen MR) is 14.4 cm³/mol. The summed E-state index contributed by atoms with van der Waals surface area (Å²) < 4.78 is 0. The van der Waals surface area contributed by atoms with Crippen molar-refractivity contribution in [3.8, 4) is 0 Å². The molecular formula is H2AlCl2Na. The molecule has 0 N–H and O–H groups in total. The maximum absolute atomic E-state index is 4.78. The van der Waals surface area contributed by atoms with E-state index in [1.807, 2.05) is 0 Å². The first-order chi connectivity index (χ1) is 1.00. The van der Waals surface area contributed by atoms with E-state index >= 15 is 0 Å². The Labute approximate surface area is 66.6 Å². The van der Waals surface area contributed by atoms with Crippen molar-refractivity contribution in [1.82, 2.24) is 0 Å². The van der Waals surface area contributed by atoms with Gasteiger partial charge in [0.1, 0.15) is 0 Å². The summed E-state index contributed by atoms with van der Waals surface area (Å²) in [5.41, 5.74) is 0. The molecule has 0 nitrogen and oxygen atoms in total. The van der Waals surface area contributed by atoms with Crippen LogP contribution in [0, 0.1) is 0 Å². The largest absolute Gasteiger partial charge is 1.00 e. The zero-order valence-corrected chi connectivity index (χ0v) is 8.27. The van der Waals surface area contributed by atoms with Gasteiger partial charge < -0.3 is 12.4 Å². The van der Waals surface area contributed by atoms with Crippen molar-refractivity contribution in [3.05, 3.63) is 0 Å². The van der Waals surface area contributed by atoms with Gasteiger partial charge in [-0.25, -0.2) is 0 Å². The van der Waals surface area contributed by atoms with Crippen molar-refractivity contribution in [2.75, 3.05) is 0 Å². The smallest absolute Gasteiger partial charge is 1.00 e. The Kier molecular flexibility index (Phi) is 79.9. The van der Waals surface area contributed by atoms with Gasteiger partial charge in [-0.2, -0.15) is 0 Å². The van der Waals surface area contributed by atoms with E-state index in [0.717, 1.165) is 15.4 Å². The zero-order chi connectivity index (χ0) is 2.00. The maximum atomic E-state index is 4.78. The molecule has 0 atom stereocenters. The first-order valence-electron chi connectivity index (χ1n) is 0.378. The minimum Gasteiger partial charge on any atom is -1.00 e. The van der Waals surface area contributed by atoms with E-state index in [9.17, 15) is 0 Å². The summed E-state index contributed by atoms with van der Waals surface area (Å²) in [5, 5.41) is 0. The van der Waals surface area contributed by atoms with Gasteiger partial charge in [0.05, 0.1) is 0 Å². The van der Waals surface area contributed by atoms with Gasteiger partial charge in [0.2, 0.25) is 0 Å². The van der Waals surface area contributed by atoms with Gasteiger partial charge >= 0.3 is 44.9 Å². The van der Waals surface area contributed by atoms with Gasteiger partial charge in [-0.1, -0.05) is 0 Å². The van der Waals surface area contributed by atoms with Gasteiger partial charge in [-0.15, -0.1) is 0 Å². The van der Waals surface area contributed by atoms with Crippen LogP contribution >= 0.6 is 10.0 Å². The van der Waals surface area contributed by atoms with E-state index in [0.29, 0.717) is 0 Å². The first-order valence-corrected chi connectivity index (χ1v) is 3.40. The van der Waals surface area contributed by atoms with Gasteiger partial charge in [0.15, 0.2) is 0 Å². The van der Waals surface area contributed by atoms with Crippen LogP contribution in [-0.4, -0.2) is 15.4 Å². The Morgan fingerprint density at radius 2 is 1.25 bits per heavy atom. The molecule has 0 unspecified atom stereocenters. The molecule has 0 fully saturated rings. The fraction of sp³-hybridized carbons (Fsp3) is 0. The summed E-state index contributed by atoms with van der Waals surface area (Å²) in [6.45, 7) is 0. The summed E-state index contributed by atoms with van der Waals surface area (Å²) >= 11 is 0.778. The third-order valence-electron chi connectivity index (χ3n) is 0. The molecule has 0 amide bonds. The summed E-state index contributed by atoms with van der Waals surface area (Å²) in [6, 6.07) is 0. The molecule has 4 heteroatoms. The van der Waals surface area contributed by atoms with Gasteiger partial charge in [0.25, 0.3) is 0 Å². The molecule has 0 aliphatic carbocycles. The second kappa shape index (κ2) is 19.4. The van der Waals surface area contributed by atoms with Crippen LogP contribution in [0.15, 0.2) is 0 Å². The molecule has 0 rings (SSSR count). The summed E-state index contributed by atoms with van der Waals surface area (Å²) in [4.78, 5) is 0. The van der Waals surface area contributed by atoms with Crippen molar-refractivity contribution in [2.45, 2.75) is 0 Å². The number of hydrogen-bond donors (Lipinski definition) is 0. The molecule has 20 valence electrons. The second-order valence-corrected chi connectivity index (χ2v) is 0. The fourth-order valence-corrected chi connectivity index (χ4v) is 0. The molecule has 0 aromatic heterocycles. The molecular weight excluding hydrogens is 121 g/mol. The molecule has 0 spiro atoms. The van der Waals surface area contributed by atoms with Crippen LogP contribution in [0.25, 0.3) is 0 Å². The van der Waals surface area contributed by atoms with E-state index < -0.39 is 0 Å². The summed E-state index contributed by atoms with van der Waals surface area (Å²) in [5.74, 6) is 0. The summed E-state index contributed by atoms with van der Waals surface area (Å²) in [6.07, 6.45) is 0. The van der Waals surface area contributed by atoms with Crippen molar-refractivity contribution in [1.29, 1.82) is 0 Å². The van der Waals surface area contributed by atoms with Crippen LogP contribution in [0.4, 0.5) is 0 Å². The van der Waals surface area contributed by atoms with Crippen molar-refractivity contribution >= 4 is 25.4 Å². The molecule has 0 saturated heterocycles. The van der Waals surface area contributed by atoms with E-state index in [4.69, 9.17) is 10.0 Å². The average molecular weight is 123 g/mol. The van der Waals surface area contributed by atoms with Crippen LogP contribution < -0.4 is 42.0 Å². The quantitative estimate of drug-likeness (QED) is 0.281. The third-order valence-corrected chi connectivity index (χ3v) is 0. The second-order valence-electron chi connectivity index (χ2n) is 0. The SMILES string of the molecule is [AlH2][Cl].[Cl-].[Na+]. The molecule has 0 aromatic carbocycles. The topological polar surface area (TPSA) is 0 Å². The summed E-state index contributed by atoms with van der Waals surface area (Å²) in [7, 11) is 4.78. The molecule has 0 heterocycles. The van der Waals surface area contributed by atoms with E-state index in [1.165, 1.54) is 0 Å². The maximum Gasteiger partial charge on any atom is 1.00 e. The Morgan fingerprint density at radius 1 is 1.25 bits per heavy atom. The number of hydrogen-bond acceptors (Lipinski definition) is 0. The molecule has 4 heavy (non-hydrogen) atoms. The van der Waals surface area contributed by atoms with Crippen LogP contribution in [-0.2, 0) is 0 Å². The van der Waals surface area contributed by atoms with Crippen LogP contribution in [0.1, 0.15) is 0 Å². The Bertz CT molecular complexity index is 6.00. The number of rotatable bonds is 0. The number of halogens is 2. The van der Waals surface area contributed by atoms with Crippen molar-refractivity contribution in [2.24, 2.45) is 0 Å². The van der Waals surface area contributed by atoms with E-state index in [2.05, 4.69) is 0 Å². The molecule has 0 aliphatic heterocycles. The molecule has 0 bridgehead atoms. The first kappa shape index (κ1) is 16.5. The predicted octanol–water partition coefficient (Wildman–Crippen LogP) is -6.22. The average Bonchev–Trinajstić information content (AvgIpc) is 1.00. The van der Waals surface area contributed by atoms with Crippen LogP contribution in [0.3, 0.4) is 0 Å². The van der Waals surface area contributed by atoms with E-state index in [1.54, 1.807) is 0 Å². The van der Waals surface area contributed by atoms with E-state index in [-0.39, 0.29) is 42.0 Å². The monoisotopic (exact) mass is 122 g/mol. The normalized spacial score (nSPS) is 1.25. The van der Waals surface area contributed by atoms with Crippen molar-refractivity contribution in [3.63, 3.8) is 0 Å². The molecule has 0 aromatic rings. The Hall–Kier alpha value is 2.11. The standard InChI is InChI=1S/Al.2ClH.Na.2H/h;2*1H;;;/q+1;;;+1;;/p-2.